The lowest BCUT2D eigenvalue weighted by Gasteiger charge is -2.48. The molecule has 3 atom stereocenters. The third kappa shape index (κ3) is 10.7. The number of fused-ring (bicyclic) bond motifs is 1. The number of likely N-dealkylation sites (tertiary alicyclic amines) is 1. The number of anilines is 4. The Labute approximate surface area is 426 Å². The van der Waals surface area contributed by atoms with E-state index in [9.17, 15) is 28.8 Å². The molecule has 1 aromatic heterocycles. The van der Waals surface area contributed by atoms with E-state index < -0.39 is 28.5 Å². The van der Waals surface area contributed by atoms with Crippen LogP contribution in [0, 0.1) is 34.3 Å². The lowest BCUT2D eigenvalue weighted by atomic mass is 9.82. The topological polar surface area (TPSA) is 180 Å². The molecule has 5 saturated heterocycles. The van der Waals surface area contributed by atoms with Gasteiger partial charge in [0.15, 0.2) is 11.6 Å². The van der Waals surface area contributed by atoms with Crippen LogP contribution in [0.3, 0.4) is 0 Å². The van der Waals surface area contributed by atoms with Crippen LogP contribution in [0.25, 0.3) is 0 Å². The predicted molar refractivity (Wildman–Crippen MR) is 272 cm³/mol. The quantitative estimate of drug-likeness (QED) is 0.0830. The number of piperidine rings is 3. The van der Waals surface area contributed by atoms with E-state index in [1.54, 1.807) is 23.4 Å². The van der Waals surface area contributed by atoms with E-state index >= 15 is 8.78 Å². The highest BCUT2D eigenvalue weighted by molar-refractivity contribution is 6.32. The largest absolute Gasteiger partial charge is 0.370 e. The highest BCUT2D eigenvalue weighted by Crippen LogP contribution is 2.64. The molecule has 7 aliphatic rings. The molecular weight excluding hydrogens is 935 g/mol. The highest BCUT2D eigenvalue weighted by Gasteiger charge is 2.71. The molecule has 3 aromatic rings. The summed E-state index contributed by atoms with van der Waals surface area (Å²) >= 11 is 0. The molecule has 10 rings (SSSR count). The molecule has 1 saturated carbocycles. The summed E-state index contributed by atoms with van der Waals surface area (Å²) in [5.74, 6) is -1.43. The van der Waals surface area contributed by atoms with Gasteiger partial charge >= 0.3 is 0 Å². The predicted octanol–water partition coefficient (Wildman–Crippen LogP) is 6.28. The first-order chi connectivity index (χ1) is 35.1. The van der Waals surface area contributed by atoms with Crippen molar-refractivity contribution in [3.05, 3.63) is 71.1 Å². The average molecular weight is 1010 g/mol. The standard InChI is InChI=1S/C55H70F2N10O6/c1-53(2)14-19-63(20-15-53)32-36-27-43(57)44(29-42(36)56)67-33-48(69)62-54(34-67)16-21-65(22-17-54)46-30-45(59-35-60-46)58-18-8-6-4-3-5-7-9-49(70)66-25-23-64(24-26-66)37-10-11-38-40(28-37)51(72)55(50(38)71)31-41(55)39-12-13-47(68)61-52(39)73/h10-11,27-30,35,39,41H,3-9,12-26,31-34H2,1-2H3,(H,62,69)(H,58,59,60)(H,61,68,73). The third-order valence-corrected chi connectivity index (χ3v) is 17.2. The molecule has 0 bridgehead atoms. The van der Waals surface area contributed by atoms with Crippen molar-refractivity contribution in [3.63, 3.8) is 0 Å². The monoisotopic (exact) mass is 1000 g/mol. The van der Waals surface area contributed by atoms with Crippen molar-refractivity contribution in [2.24, 2.45) is 22.7 Å². The van der Waals surface area contributed by atoms with Crippen molar-refractivity contribution >= 4 is 58.2 Å². The zero-order chi connectivity index (χ0) is 51.1. The summed E-state index contributed by atoms with van der Waals surface area (Å²) in [6.45, 7) is 11.4. The minimum Gasteiger partial charge on any atom is -0.370 e. The van der Waals surface area contributed by atoms with Crippen molar-refractivity contribution in [1.82, 2.24) is 30.4 Å². The maximum absolute atomic E-state index is 15.7. The van der Waals surface area contributed by atoms with E-state index in [4.69, 9.17) is 0 Å². The van der Waals surface area contributed by atoms with E-state index in [2.05, 4.69) is 54.5 Å². The third-order valence-electron chi connectivity index (χ3n) is 17.2. The van der Waals surface area contributed by atoms with Crippen LogP contribution in [-0.2, 0) is 25.7 Å². The van der Waals surface area contributed by atoms with E-state index in [1.165, 1.54) is 12.1 Å². The highest BCUT2D eigenvalue weighted by atomic mass is 19.1. The lowest BCUT2D eigenvalue weighted by Crippen LogP contribution is -2.66. The molecule has 3 N–H and O–H groups in total. The average Bonchev–Trinajstić information content (AvgIpc) is 4.09. The summed E-state index contributed by atoms with van der Waals surface area (Å²) < 4.78 is 31.2. The summed E-state index contributed by atoms with van der Waals surface area (Å²) in [6, 6.07) is 9.96. The van der Waals surface area contributed by atoms with E-state index in [0.717, 1.165) is 88.3 Å². The smallest absolute Gasteiger partial charge is 0.240 e. The summed E-state index contributed by atoms with van der Waals surface area (Å²) in [4.78, 5) is 96.8. The number of amides is 4. The van der Waals surface area contributed by atoms with E-state index in [-0.39, 0.29) is 65.2 Å². The molecule has 2 spiro atoms. The summed E-state index contributed by atoms with van der Waals surface area (Å²) in [7, 11) is 0. The number of unbranched alkanes of at least 4 members (excludes halogenated alkanes) is 5. The molecule has 6 fully saturated rings. The summed E-state index contributed by atoms with van der Waals surface area (Å²) in [5.41, 5.74) is 0.679. The van der Waals surface area contributed by atoms with Crippen LogP contribution in [-0.4, -0.2) is 132 Å². The molecular formula is C55H70F2N10O6. The molecule has 73 heavy (non-hydrogen) atoms. The number of aromatic nitrogens is 2. The molecule has 0 radical (unpaired) electrons. The van der Waals surface area contributed by atoms with Crippen LogP contribution in [0.2, 0.25) is 0 Å². The molecule has 390 valence electrons. The second-order valence-electron chi connectivity index (χ2n) is 22.7. The number of carbonyl (C=O) groups excluding carboxylic acids is 6. The molecule has 2 aliphatic carbocycles. The van der Waals surface area contributed by atoms with Gasteiger partial charge in [0.25, 0.3) is 0 Å². The van der Waals surface area contributed by atoms with Crippen LogP contribution in [0.1, 0.15) is 130 Å². The first-order valence-corrected chi connectivity index (χ1v) is 26.8. The number of hydrogen-bond donors (Lipinski definition) is 3. The summed E-state index contributed by atoms with van der Waals surface area (Å²) in [5, 5.41) is 9.01. The Morgan fingerprint density at radius 2 is 1.48 bits per heavy atom. The number of nitrogens with zero attached hydrogens (tertiary/aromatic N) is 7. The van der Waals surface area contributed by atoms with Gasteiger partial charge in [0.05, 0.1) is 17.8 Å². The van der Waals surface area contributed by atoms with Gasteiger partial charge in [-0.05, 0) is 100 Å². The Balaban J connectivity index is 0.601. The maximum atomic E-state index is 15.7. The molecule has 2 aromatic carbocycles. The lowest BCUT2D eigenvalue weighted by molar-refractivity contribution is -0.137. The number of piperazine rings is 2. The molecule has 3 unspecified atom stereocenters. The molecule has 4 amide bonds. The Morgan fingerprint density at radius 3 is 2.23 bits per heavy atom. The Bertz CT molecular complexity index is 2640. The number of imide groups is 1. The maximum Gasteiger partial charge on any atom is 0.240 e. The molecule has 16 nitrogen and oxygen atoms in total. The van der Waals surface area contributed by atoms with Crippen LogP contribution in [0.15, 0.2) is 42.7 Å². The Hall–Kier alpha value is -6.04. The van der Waals surface area contributed by atoms with Crippen molar-refractivity contribution < 1.29 is 37.5 Å². The first kappa shape index (κ1) is 50.5. The van der Waals surface area contributed by atoms with Gasteiger partial charge in [0, 0.05) is 112 Å². The van der Waals surface area contributed by atoms with Gasteiger partial charge in [-0.3, -0.25) is 39.0 Å². The van der Waals surface area contributed by atoms with Crippen LogP contribution in [0.5, 0.6) is 0 Å². The number of benzene rings is 2. The number of hydrogen-bond acceptors (Lipinski definition) is 13. The first-order valence-electron chi connectivity index (χ1n) is 26.8. The number of carbonyl (C=O) groups is 6. The van der Waals surface area contributed by atoms with Crippen LogP contribution < -0.4 is 30.7 Å². The zero-order valence-corrected chi connectivity index (χ0v) is 42.4. The van der Waals surface area contributed by atoms with E-state index in [1.807, 2.05) is 17.0 Å². The fraction of sp³-hybridized carbons (Fsp3) is 0.600. The van der Waals surface area contributed by atoms with Crippen molar-refractivity contribution in [1.29, 1.82) is 0 Å². The Morgan fingerprint density at radius 1 is 0.753 bits per heavy atom. The number of ketones is 2. The van der Waals surface area contributed by atoms with Gasteiger partial charge in [0.2, 0.25) is 23.6 Å². The SMILES string of the molecule is CC1(C)CCN(Cc2cc(F)c(N3CC(=O)NC4(CCN(c5cc(NCCCCCCCCC(=O)N6CCN(c7ccc8c(c7)C(=O)C7(CC7C7CCC(=O)NC7=O)C8=O)CC6)ncn5)CC4)C3)cc2F)CC1. The number of nitrogens with one attached hydrogen (secondary N) is 3. The van der Waals surface area contributed by atoms with Crippen molar-refractivity contribution in [3.8, 4) is 0 Å². The molecule has 5 aliphatic heterocycles. The van der Waals surface area contributed by atoms with Crippen molar-refractivity contribution in [2.45, 2.75) is 116 Å². The molecule has 6 heterocycles. The zero-order valence-electron chi connectivity index (χ0n) is 42.4. The fourth-order valence-corrected chi connectivity index (χ4v) is 12.5. The second-order valence-corrected chi connectivity index (χ2v) is 22.7. The number of Topliss-reactive ketones (excluding diaryl/α,β-unsaturated/α-hetero) is 2. The minimum absolute atomic E-state index is 0.0238. The van der Waals surface area contributed by atoms with Gasteiger partial charge in [-0.25, -0.2) is 18.7 Å². The number of halogens is 2. The van der Waals surface area contributed by atoms with Gasteiger partial charge in [-0.15, -0.1) is 0 Å². The van der Waals surface area contributed by atoms with Gasteiger partial charge in [-0.2, -0.15) is 0 Å². The van der Waals surface area contributed by atoms with Gasteiger partial charge < -0.3 is 30.2 Å². The van der Waals surface area contributed by atoms with Crippen molar-refractivity contribution in [2.75, 3.05) is 92.0 Å². The van der Waals surface area contributed by atoms with Crippen LogP contribution >= 0.6 is 0 Å². The normalized spacial score (nSPS) is 24.8. The minimum atomic E-state index is -1.18. The molecule has 18 heteroatoms. The fourth-order valence-electron chi connectivity index (χ4n) is 12.5. The summed E-state index contributed by atoms with van der Waals surface area (Å²) in [6.07, 6.45) is 12.3. The van der Waals surface area contributed by atoms with E-state index in [0.29, 0.717) is 101 Å². The van der Waals surface area contributed by atoms with Gasteiger partial charge in [-0.1, -0.05) is 39.5 Å². The second kappa shape index (κ2) is 20.7. The Kier molecular flexibility index (Phi) is 14.3. The van der Waals surface area contributed by atoms with Gasteiger partial charge in [0.1, 0.15) is 35.0 Å². The van der Waals surface area contributed by atoms with Crippen LogP contribution in [0.4, 0.5) is 31.8 Å². The number of rotatable bonds is 16.